The maximum absolute atomic E-state index is 13.4. The third-order valence-corrected chi connectivity index (χ3v) is 3.61. The molecule has 1 heterocycles. The predicted molar refractivity (Wildman–Crippen MR) is 82.3 cm³/mol. The van der Waals surface area contributed by atoms with Crippen LogP contribution in [0.2, 0.25) is 0 Å². The molecule has 0 atom stereocenters. The second-order valence-corrected chi connectivity index (χ2v) is 5.37. The van der Waals surface area contributed by atoms with Gasteiger partial charge in [0.1, 0.15) is 5.82 Å². The van der Waals surface area contributed by atoms with Gasteiger partial charge in [-0.05, 0) is 67.3 Å². The fraction of sp³-hybridized carbons (Fsp3) is 0.235. The van der Waals surface area contributed by atoms with Gasteiger partial charge >= 0.3 is 0 Å². The summed E-state index contributed by atoms with van der Waals surface area (Å²) in [5.41, 5.74) is 4.14. The molecular formula is C17H17FN2O. The van der Waals surface area contributed by atoms with Crippen LogP contribution < -0.4 is 10.6 Å². The van der Waals surface area contributed by atoms with Gasteiger partial charge in [-0.25, -0.2) is 4.39 Å². The number of hydrogen-bond donors (Lipinski definition) is 2. The monoisotopic (exact) mass is 284 g/mol. The summed E-state index contributed by atoms with van der Waals surface area (Å²) >= 11 is 0. The van der Waals surface area contributed by atoms with E-state index in [1.807, 2.05) is 18.2 Å². The minimum absolute atomic E-state index is 0.290. The molecule has 1 aliphatic heterocycles. The number of anilines is 2. The van der Waals surface area contributed by atoms with E-state index in [0.717, 1.165) is 36.3 Å². The first kappa shape index (κ1) is 13.6. The van der Waals surface area contributed by atoms with Gasteiger partial charge in [0.15, 0.2) is 0 Å². The standard InChI is InChI=1S/C17H17FN2O/c1-11-7-13(9-14(18)8-11)17(21)20-15-4-5-16-12(10-15)3-2-6-19-16/h4-5,7-10,19H,2-3,6H2,1H3,(H,20,21). The van der Waals surface area contributed by atoms with Crippen molar-refractivity contribution in [2.45, 2.75) is 19.8 Å². The van der Waals surface area contributed by atoms with Gasteiger partial charge in [-0.3, -0.25) is 4.79 Å². The zero-order valence-electron chi connectivity index (χ0n) is 11.9. The van der Waals surface area contributed by atoms with E-state index >= 15 is 0 Å². The highest BCUT2D eigenvalue weighted by molar-refractivity contribution is 6.04. The van der Waals surface area contributed by atoms with Gasteiger partial charge in [0.05, 0.1) is 0 Å². The molecule has 0 bridgehead atoms. The molecular weight excluding hydrogens is 267 g/mol. The van der Waals surface area contributed by atoms with Gasteiger partial charge in [-0.1, -0.05) is 0 Å². The Morgan fingerprint density at radius 1 is 1.24 bits per heavy atom. The number of carbonyl (C=O) groups is 1. The number of benzene rings is 2. The molecule has 3 nitrogen and oxygen atoms in total. The zero-order valence-corrected chi connectivity index (χ0v) is 11.9. The Morgan fingerprint density at radius 3 is 2.90 bits per heavy atom. The second kappa shape index (κ2) is 5.56. The van der Waals surface area contributed by atoms with Crippen molar-refractivity contribution in [2.24, 2.45) is 0 Å². The molecule has 108 valence electrons. The molecule has 21 heavy (non-hydrogen) atoms. The number of nitrogens with one attached hydrogen (secondary N) is 2. The molecule has 1 aliphatic rings. The molecule has 0 aromatic heterocycles. The Kier molecular flexibility index (Phi) is 3.60. The molecule has 0 saturated heterocycles. The van der Waals surface area contributed by atoms with Gasteiger partial charge in [0, 0.05) is 23.5 Å². The molecule has 2 aromatic rings. The maximum Gasteiger partial charge on any atom is 0.255 e. The summed E-state index contributed by atoms with van der Waals surface area (Å²) in [6.07, 6.45) is 2.10. The van der Waals surface area contributed by atoms with Crippen LogP contribution in [0.5, 0.6) is 0 Å². The summed E-state index contributed by atoms with van der Waals surface area (Å²) in [5.74, 6) is -0.684. The van der Waals surface area contributed by atoms with Gasteiger partial charge in [0.2, 0.25) is 0 Å². The highest BCUT2D eigenvalue weighted by Gasteiger charge is 2.12. The second-order valence-electron chi connectivity index (χ2n) is 5.37. The number of aryl methyl sites for hydroxylation is 2. The zero-order chi connectivity index (χ0) is 14.8. The quantitative estimate of drug-likeness (QED) is 0.882. The third kappa shape index (κ3) is 3.05. The Balaban J connectivity index is 1.81. The molecule has 3 rings (SSSR count). The van der Waals surface area contributed by atoms with Crippen LogP contribution in [-0.2, 0) is 6.42 Å². The van der Waals surface area contributed by atoms with E-state index in [2.05, 4.69) is 10.6 Å². The summed E-state index contributed by atoms with van der Waals surface area (Å²) in [5, 5.41) is 6.16. The van der Waals surface area contributed by atoms with Gasteiger partial charge in [-0.2, -0.15) is 0 Å². The van der Waals surface area contributed by atoms with Crippen molar-refractivity contribution in [2.75, 3.05) is 17.2 Å². The Bertz CT molecular complexity index is 677. The Labute approximate surface area is 123 Å². The summed E-state index contributed by atoms with van der Waals surface area (Å²) in [4.78, 5) is 12.2. The molecule has 2 N–H and O–H groups in total. The molecule has 0 unspecified atom stereocenters. The molecule has 0 spiro atoms. The van der Waals surface area contributed by atoms with E-state index in [-0.39, 0.29) is 5.91 Å². The van der Waals surface area contributed by atoms with E-state index in [1.165, 1.54) is 17.7 Å². The SMILES string of the molecule is Cc1cc(F)cc(C(=O)Nc2ccc3c(c2)CCCN3)c1. The summed E-state index contributed by atoms with van der Waals surface area (Å²) < 4.78 is 13.4. The van der Waals surface area contributed by atoms with Crippen LogP contribution in [0.3, 0.4) is 0 Å². The number of hydrogen-bond acceptors (Lipinski definition) is 2. The van der Waals surface area contributed by atoms with Crippen LogP contribution in [0.4, 0.5) is 15.8 Å². The number of fused-ring (bicyclic) bond motifs is 1. The highest BCUT2D eigenvalue weighted by atomic mass is 19.1. The van der Waals surface area contributed by atoms with Crippen molar-refractivity contribution in [3.05, 3.63) is 58.9 Å². The van der Waals surface area contributed by atoms with Crippen LogP contribution in [0.15, 0.2) is 36.4 Å². The number of amides is 1. The molecule has 1 amide bonds. The van der Waals surface area contributed by atoms with E-state index in [0.29, 0.717) is 5.56 Å². The number of carbonyl (C=O) groups excluding carboxylic acids is 1. The van der Waals surface area contributed by atoms with Crippen LogP contribution in [-0.4, -0.2) is 12.5 Å². The lowest BCUT2D eigenvalue weighted by atomic mass is 10.0. The largest absolute Gasteiger partial charge is 0.385 e. The van der Waals surface area contributed by atoms with E-state index in [9.17, 15) is 9.18 Å². The van der Waals surface area contributed by atoms with Crippen molar-refractivity contribution in [3.63, 3.8) is 0 Å². The summed E-state index contributed by atoms with van der Waals surface area (Å²) in [6.45, 7) is 2.76. The lowest BCUT2D eigenvalue weighted by molar-refractivity contribution is 0.102. The number of halogens is 1. The van der Waals surface area contributed by atoms with Crippen molar-refractivity contribution in [1.29, 1.82) is 0 Å². The molecule has 2 aromatic carbocycles. The van der Waals surface area contributed by atoms with Crippen LogP contribution in [0, 0.1) is 12.7 Å². The van der Waals surface area contributed by atoms with E-state index in [1.54, 1.807) is 13.0 Å². The topological polar surface area (TPSA) is 41.1 Å². The summed E-state index contributed by atoms with van der Waals surface area (Å²) in [7, 11) is 0. The fourth-order valence-corrected chi connectivity index (χ4v) is 2.62. The molecule has 4 heteroatoms. The first-order chi connectivity index (χ1) is 10.1. The number of rotatable bonds is 2. The van der Waals surface area contributed by atoms with Crippen molar-refractivity contribution in [3.8, 4) is 0 Å². The average molecular weight is 284 g/mol. The average Bonchev–Trinajstić information content (AvgIpc) is 2.46. The lowest BCUT2D eigenvalue weighted by Gasteiger charge is -2.18. The van der Waals surface area contributed by atoms with Gasteiger partial charge in [-0.15, -0.1) is 0 Å². The van der Waals surface area contributed by atoms with Gasteiger partial charge < -0.3 is 10.6 Å². The third-order valence-electron chi connectivity index (χ3n) is 3.61. The summed E-state index contributed by atoms with van der Waals surface area (Å²) in [6, 6.07) is 10.1. The Morgan fingerprint density at radius 2 is 2.10 bits per heavy atom. The van der Waals surface area contributed by atoms with E-state index < -0.39 is 5.82 Å². The first-order valence-corrected chi connectivity index (χ1v) is 7.07. The van der Waals surface area contributed by atoms with Gasteiger partial charge in [0.25, 0.3) is 5.91 Å². The van der Waals surface area contributed by atoms with Crippen molar-refractivity contribution >= 4 is 17.3 Å². The molecule has 0 saturated carbocycles. The fourth-order valence-electron chi connectivity index (χ4n) is 2.62. The smallest absolute Gasteiger partial charge is 0.255 e. The molecule has 0 fully saturated rings. The van der Waals surface area contributed by atoms with Crippen LogP contribution in [0.1, 0.15) is 27.9 Å². The highest BCUT2D eigenvalue weighted by Crippen LogP contribution is 2.25. The first-order valence-electron chi connectivity index (χ1n) is 7.07. The maximum atomic E-state index is 13.4. The predicted octanol–water partition coefficient (Wildman–Crippen LogP) is 3.74. The lowest BCUT2D eigenvalue weighted by Crippen LogP contribution is -2.15. The normalized spacial score (nSPS) is 13.2. The molecule has 0 aliphatic carbocycles. The van der Waals surface area contributed by atoms with E-state index in [4.69, 9.17) is 0 Å². The molecule has 0 radical (unpaired) electrons. The van der Waals surface area contributed by atoms with Crippen LogP contribution in [0.25, 0.3) is 0 Å². The van der Waals surface area contributed by atoms with Crippen molar-refractivity contribution < 1.29 is 9.18 Å². The van der Waals surface area contributed by atoms with Crippen LogP contribution >= 0.6 is 0 Å². The minimum Gasteiger partial charge on any atom is -0.385 e. The Hall–Kier alpha value is -2.36. The van der Waals surface area contributed by atoms with Crippen molar-refractivity contribution in [1.82, 2.24) is 0 Å². The minimum atomic E-state index is -0.394.